The molecule has 1 amide bonds. The first-order chi connectivity index (χ1) is 9.91. The minimum Gasteiger partial charge on any atom is -0.479 e. The van der Waals surface area contributed by atoms with Gasteiger partial charge in [-0.2, -0.15) is 0 Å². The molecule has 1 aromatic carbocycles. The third kappa shape index (κ3) is 5.95. The molecule has 2 unspecified atom stereocenters. The summed E-state index contributed by atoms with van der Waals surface area (Å²) in [4.78, 5) is 23.4. The standard InChI is InChI=1S/C16H24N2O3/c1-11(7-6-8-12(2)17)15(19)18-14(16(20)21)13-9-4-3-5-10-13/h3-5,9-12,14H,6-8,17H2,1-2H3,(H,18,19)(H,20,21)/t11?,12?,14-/m1/s1. The summed E-state index contributed by atoms with van der Waals surface area (Å²) in [6, 6.07) is 7.82. The van der Waals surface area contributed by atoms with Gasteiger partial charge in [0.2, 0.25) is 5.91 Å². The zero-order chi connectivity index (χ0) is 15.8. The van der Waals surface area contributed by atoms with Gasteiger partial charge >= 0.3 is 5.97 Å². The van der Waals surface area contributed by atoms with Crippen molar-refractivity contribution in [3.63, 3.8) is 0 Å². The van der Waals surface area contributed by atoms with Gasteiger partial charge in [0, 0.05) is 12.0 Å². The van der Waals surface area contributed by atoms with Crippen molar-refractivity contribution in [2.75, 3.05) is 0 Å². The van der Waals surface area contributed by atoms with E-state index in [9.17, 15) is 14.7 Å². The number of carbonyl (C=O) groups is 2. The van der Waals surface area contributed by atoms with Gasteiger partial charge < -0.3 is 16.2 Å². The maximum Gasteiger partial charge on any atom is 0.330 e. The number of carboxylic acids is 1. The molecule has 0 aliphatic heterocycles. The number of benzene rings is 1. The summed E-state index contributed by atoms with van der Waals surface area (Å²) in [5, 5.41) is 11.9. The molecule has 0 saturated heterocycles. The molecule has 5 heteroatoms. The summed E-state index contributed by atoms with van der Waals surface area (Å²) >= 11 is 0. The first-order valence-corrected chi connectivity index (χ1v) is 7.25. The zero-order valence-electron chi connectivity index (χ0n) is 12.6. The Kier molecular flexibility index (Phi) is 6.88. The zero-order valence-corrected chi connectivity index (χ0v) is 12.6. The van der Waals surface area contributed by atoms with E-state index in [2.05, 4.69) is 5.32 Å². The highest BCUT2D eigenvalue weighted by atomic mass is 16.4. The molecule has 21 heavy (non-hydrogen) atoms. The van der Waals surface area contributed by atoms with Crippen molar-refractivity contribution in [1.82, 2.24) is 5.32 Å². The molecule has 3 atom stereocenters. The van der Waals surface area contributed by atoms with E-state index in [0.29, 0.717) is 12.0 Å². The van der Waals surface area contributed by atoms with Gasteiger partial charge in [0.1, 0.15) is 0 Å². The Morgan fingerprint density at radius 1 is 1.19 bits per heavy atom. The number of hydrogen-bond acceptors (Lipinski definition) is 3. The average molecular weight is 292 g/mol. The van der Waals surface area contributed by atoms with Gasteiger partial charge in [-0.05, 0) is 25.3 Å². The monoisotopic (exact) mass is 292 g/mol. The third-order valence-electron chi connectivity index (χ3n) is 3.41. The van der Waals surface area contributed by atoms with Crippen LogP contribution in [0.25, 0.3) is 0 Å². The van der Waals surface area contributed by atoms with E-state index in [0.717, 1.165) is 12.8 Å². The van der Waals surface area contributed by atoms with Crippen LogP contribution in [0.4, 0.5) is 0 Å². The Hall–Kier alpha value is -1.88. The summed E-state index contributed by atoms with van der Waals surface area (Å²) < 4.78 is 0. The topological polar surface area (TPSA) is 92.4 Å². The Balaban J connectivity index is 2.59. The Morgan fingerprint density at radius 3 is 2.33 bits per heavy atom. The Morgan fingerprint density at radius 2 is 1.81 bits per heavy atom. The fourth-order valence-corrected chi connectivity index (χ4v) is 2.09. The summed E-state index contributed by atoms with van der Waals surface area (Å²) in [7, 11) is 0. The van der Waals surface area contributed by atoms with E-state index in [1.807, 2.05) is 6.92 Å². The number of nitrogens with two attached hydrogens (primary N) is 1. The molecule has 5 nitrogen and oxygen atoms in total. The third-order valence-corrected chi connectivity index (χ3v) is 3.41. The van der Waals surface area contributed by atoms with Crippen LogP contribution in [0.1, 0.15) is 44.7 Å². The molecule has 4 N–H and O–H groups in total. The lowest BCUT2D eigenvalue weighted by Gasteiger charge is -2.18. The second-order valence-corrected chi connectivity index (χ2v) is 5.50. The van der Waals surface area contributed by atoms with Crippen molar-refractivity contribution in [1.29, 1.82) is 0 Å². The highest BCUT2D eigenvalue weighted by molar-refractivity contribution is 5.85. The molecule has 0 aromatic heterocycles. The number of amides is 1. The second-order valence-electron chi connectivity index (χ2n) is 5.50. The first kappa shape index (κ1) is 17.2. The summed E-state index contributed by atoms with van der Waals surface area (Å²) in [6.07, 6.45) is 2.42. The predicted molar refractivity (Wildman–Crippen MR) is 81.6 cm³/mol. The predicted octanol–water partition coefficient (Wildman–Crippen LogP) is 2.08. The molecule has 116 valence electrons. The fourth-order valence-electron chi connectivity index (χ4n) is 2.09. The van der Waals surface area contributed by atoms with Crippen molar-refractivity contribution in [3.8, 4) is 0 Å². The van der Waals surface area contributed by atoms with Crippen molar-refractivity contribution >= 4 is 11.9 Å². The molecule has 1 aromatic rings. The molecular formula is C16H24N2O3. The summed E-state index contributed by atoms with van der Waals surface area (Å²) in [5.74, 6) is -1.53. The number of hydrogen-bond donors (Lipinski definition) is 3. The van der Waals surface area contributed by atoms with Gasteiger partial charge in [0.25, 0.3) is 0 Å². The smallest absolute Gasteiger partial charge is 0.330 e. The molecule has 0 aliphatic carbocycles. The van der Waals surface area contributed by atoms with Crippen molar-refractivity contribution in [3.05, 3.63) is 35.9 Å². The van der Waals surface area contributed by atoms with Crippen LogP contribution in [0.3, 0.4) is 0 Å². The molecule has 0 saturated carbocycles. The molecule has 0 bridgehead atoms. The van der Waals surface area contributed by atoms with E-state index in [4.69, 9.17) is 5.73 Å². The lowest BCUT2D eigenvalue weighted by Crippen LogP contribution is -2.37. The van der Waals surface area contributed by atoms with Gasteiger partial charge in [-0.3, -0.25) is 4.79 Å². The highest BCUT2D eigenvalue weighted by Crippen LogP contribution is 2.15. The van der Waals surface area contributed by atoms with Crippen LogP contribution >= 0.6 is 0 Å². The van der Waals surface area contributed by atoms with Gasteiger partial charge in [0.15, 0.2) is 6.04 Å². The van der Waals surface area contributed by atoms with Crippen LogP contribution in [0.15, 0.2) is 30.3 Å². The van der Waals surface area contributed by atoms with Crippen LogP contribution in [0.5, 0.6) is 0 Å². The Bertz CT molecular complexity index is 460. The van der Waals surface area contributed by atoms with E-state index in [1.54, 1.807) is 37.3 Å². The first-order valence-electron chi connectivity index (χ1n) is 7.25. The minimum atomic E-state index is -1.06. The van der Waals surface area contributed by atoms with Gasteiger partial charge in [-0.25, -0.2) is 4.79 Å². The van der Waals surface area contributed by atoms with Crippen LogP contribution in [0, 0.1) is 5.92 Å². The number of rotatable bonds is 8. The van der Waals surface area contributed by atoms with Crippen LogP contribution in [-0.4, -0.2) is 23.0 Å². The number of carboxylic acid groups (broad SMARTS) is 1. The van der Waals surface area contributed by atoms with Crippen LogP contribution in [-0.2, 0) is 9.59 Å². The quantitative estimate of drug-likeness (QED) is 0.684. The van der Waals surface area contributed by atoms with E-state index in [1.165, 1.54) is 0 Å². The largest absolute Gasteiger partial charge is 0.479 e. The number of nitrogens with one attached hydrogen (secondary N) is 1. The van der Waals surface area contributed by atoms with Gasteiger partial charge in [-0.15, -0.1) is 0 Å². The minimum absolute atomic E-state index is 0.122. The molecule has 0 spiro atoms. The molecular weight excluding hydrogens is 268 g/mol. The average Bonchev–Trinajstić information content (AvgIpc) is 2.44. The fraction of sp³-hybridized carbons (Fsp3) is 0.500. The van der Waals surface area contributed by atoms with Gasteiger partial charge in [-0.1, -0.05) is 43.7 Å². The molecule has 0 fully saturated rings. The highest BCUT2D eigenvalue weighted by Gasteiger charge is 2.24. The normalized spacial score (nSPS) is 15.0. The Labute approximate surface area is 125 Å². The molecule has 0 aliphatic rings. The number of aliphatic carboxylic acids is 1. The molecule has 0 heterocycles. The second kappa shape index (κ2) is 8.42. The molecule has 0 radical (unpaired) electrons. The SMILES string of the molecule is CC(N)CCCC(C)C(=O)N[C@@H](C(=O)O)c1ccccc1. The summed E-state index contributed by atoms with van der Waals surface area (Å²) in [5.41, 5.74) is 6.24. The number of carbonyl (C=O) groups excluding carboxylic acids is 1. The van der Waals surface area contributed by atoms with Crippen LogP contribution in [0.2, 0.25) is 0 Å². The van der Waals surface area contributed by atoms with Crippen molar-refractivity contribution in [2.24, 2.45) is 11.7 Å². The maximum absolute atomic E-state index is 12.1. The molecule has 1 rings (SSSR count). The van der Waals surface area contributed by atoms with E-state index in [-0.39, 0.29) is 17.9 Å². The lowest BCUT2D eigenvalue weighted by atomic mass is 10.00. The van der Waals surface area contributed by atoms with E-state index >= 15 is 0 Å². The lowest BCUT2D eigenvalue weighted by molar-refractivity contribution is -0.142. The summed E-state index contributed by atoms with van der Waals surface area (Å²) in [6.45, 7) is 3.74. The van der Waals surface area contributed by atoms with E-state index < -0.39 is 12.0 Å². The van der Waals surface area contributed by atoms with Crippen molar-refractivity contribution < 1.29 is 14.7 Å². The van der Waals surface area contributed by atoms with Crippen LogP contribution < -0.4 is 11.1 Å². The maximum atomic E-state index is 12.1. The van der Waals surface area contributed by atoms with Crippen molar-refractivity contribution in [2.45, 2.75) is 45.2 Å². The van der Waals surface area contributed by atoms with Gasteiger partial charge in [0.05, 0.1) is 0 Å².